The maximum absolute atomic E-state index is 9.13. The molecule has 0 N–H and O–H groups in total. The van der Waals surface area contributed by atoms with E-state index in [9.17, 15) is 0 Å². The summed E-state index contributed by atoms with van der Waals surface area (Å²) in [7, 11) is 0. The molecular formula is C15H26N4O. The highest BCUT2D eigenvalue weighted by Crippen LogP contribution is 2.13. The molecule has 1 aliphatic rings. The van der Waals surface area contributed by atoms with Crippen molar-refractivity contribution in [3.05, 3.63) is 0 Å². The zero-order valence-electron chi connectivity index (χ0n) is 12.7. The minimum Gasteiger partial charge on any atom is -0.380 e. The number of nitrogens with zero attached hydrogens (tertiary/aromatic N) is 4. The lowest BCUT2D eigenvalue weighted by Crippen LogP contribution is -2.53. The van der Waals surface area contributed by atoms with Gasteiger partial charge in [-0.05, 0) is 20.3 Å². The van der Waals surface area contributed by atoms with Crippen LogP contribution >= 0.6 is 0 Å². The van der Waals surface area contributed by atoms with Gasteiger partial charge in [-0.25, -0.2) is 0 Å². The lowest BCUT2D eigenvalue weighted by Gasteiger charge is -2.40. The van der Waals surface area contributed by atoms with Crippen LogP contribution in [0.5, 0.6) is 0 Å². The Morgan fingerprint density at radius 2 is 2.15 bits per heavy atom. The third-order valence-electron chi connectivity index (χ3n) is 3.84. The summed E-state index contributed by atoms with van der Waals surface area (Å²) in [5.41, 5.74) is 0. The molecule has 0 aromatic carbocycles. The summed E-state index contributed by atoms with van der Waals surface area (Å²) >= 11 is 0. The van der Waals surface area contributed by atoms with Gasteiger partial charge in [-0.15, -0.1) is 0 Å². The van der Waals surface area contributed by atoms with Crippen molar-refractivity contribution in [2.75, 3.05) is 45.9 Å². The van der Waals surface area contributed by atoms with Gasteiger partial charge in [0, 0.05) is 51.8 Å². The zero-order chi connectivity index (χ0) is 14.8. The van der Waals surface area contributed by atoms with Crippen LogP contribution in [-0.4, -0.2) is 61.8 Å². The number of ether oxygens (including phenoxy) is 1. The molecule has 1 heterocycles. The summed E-state index contributed by atoms with van der Waals surface area (Å²) in [4.78, 5) is 4.80. The fourth-order valence-corrected chi connectivity index (χ4v) is 2.64. The number of nitriles is 2. The Bertz CT molecular complexity index is 347. The van der Waals surface area contributed by atoms with Crippen molar-refractivity contribution >= 4 is 0 Å². The van der Waals surface area contributed by atoms with Crippen molar-refractivity contribution in [3.63, 3.8) is 0 Å². The first kappa shape index (κ1) is 16.9. The van der Waals surface area contributed by atoms with Crippen LogP contribution in [0.3, 0.4) is 0 Å². The Morgan fingerprint density at radius 1 is 1.35 bits per heavy atom. The summed E-state index contributed by atoms with van der Waals surface area (Å²) in [6, 6.07) is 4.95. The van der Waals surface area contributed by atoms with Crippen molar-refractivity contribution < 1.29 is 4.74 Å². The predicted molar refractivity (Wildman–Crippen MR) is 77.9 cm³/mol. The number of hydrogen-bond donors (Lipinski definition) is 0. The van der Waals surface area contributed by atoms with Gasteiger partial charge in [-0.2, -0.15) is 10.5 Å². The molecule has 0 saturated carbocycles. The largest absolute Gasteiger partial charge is 0.380 e. The highest BCUT2D eigenvalue weighted by Gasteiger charge is 2.24. The third kappa shape index (κ3) is 5.88. The molecule has 0 amide bonds. The monoisotopic (exact) mass is 278 g/mol. The van der Waals surface area contributed by atoms with E-state index in [0.29, 0.717) is 18.9 Å². The first-order valence-electron chi connectivity index (χ1n) is 7.52. The molecule has 112 valence electrons. The average Bonchev–Trinajstić information content (AvgIpc) is 2.45. The minimum absolute atomic E-state index is 0.0168. The first-order chi connectivity index (χ1) is 9.71. The van der Waals surface area contributed by atoms with E-state index in [-0.39, 0.29) is 5.92 Å². The molecule has 1 fully saturated rings. The van der Waals surface area contributed by atoms with Crippen LogP contribution in [0.15, 0.2) is 0 Å². The van der Waals surface area contributed by atoms with E-state index in [1.54, 1.807) is 0 Å². The maximum atomic E-state index is 9.13. The molecule has 2 atom stereocenters. The highest BCUT2D eigenvalue weighted by atomic mass is 16.5. The molecule has 20 heavy (non-hydrogen) atoms. The Hall–Kier alpha value is -1.14. The SMILES string of the molecule is CCOCCN1CCN(CC(C#N)CCC#N)CC1C. The summed E-state index contributed by atoms with van der Waals surface area (Å²) in [6.07, 6.45) is 1.16. The smallest absolute Gasteiger partial charge is 0.0669 e. The second-order valence-electron chi connectivity index (χ2n) is 5.36. The van der Waals surface area contributed by atoms with Crippen LogP contribution in [0, 0.1) is 28.6 Å². The number of hydrogen-bond acceptors (Lipinski definition) is 5. The van der Waals surface area contributed by atoms with E-state index < -0.39 is 0 Å². The van der Waals surface area contributed by atoms with Crippen molar-refractivity contribution in [2.45, 2.75) is 32.7 Å². The summed E-state index contributed by atoms with van der Waals surface area (Å²) in [6.45, 7) is 10.6. The van der Waals surface area contributed by atoms with E-state index in [2.05, 4.69) is 28.9 Å². The molecule has 0 spiro atoms. The molecule has 1 rings (SSSR count). The molecule has 0 radical (unpaired) electrons. The van der Waals surface area contributed by atoms with E-state index in [0.717, 1.165) is 45.9 Å². The summed E-state index contributed by atoms with van der Waals surface area (Å²) < 4.78 is 5.41. The van der Waals surface area contributed by atoms with Gasteiger partial charge >= 0.3 is 0 Å². The van der Waals surface area contributed by atoms with Gasteiger partial charge in [-0.3, -0.25) is 9.80 Å². The molecule has 0 aromatic rings. The second kappa shape index (κ2) is 9.72. The van der Waals surface area contributed by atoms with Crippen LogP contribution in [0.4, 0.5) is 0 Å². The van der Waals surface area contributed by atoms with E-state index >= 15 is 0 Å². The average molecular weight is 278 g/mol. The van der Waals surface area contributed by atoms with E-state index in [1.165, 1.54) is 0 Å². The van der Waals surface area contributed by atoms with Gasteiger partial charge in [0.05, 0.1) is 24.7 Å². The van der Waals surface area contributed by atoms with Crippen LogP contribution in [0.2, 0.25) is 0 Å². The molecule has 0 aromatic heterocycles. The molecule has 0 aliphatic carbocycles. The van der Waals surface area contributed by atoms with E-state index in [1.807, 2.05) is 6.92 Å². The maximum Gasteiger partial charge on any atom is 0.0669 e. The van der Waals surface area contributed by atoms with Crippen molar-refractivity contribution in [2.24, 2.45) is 5.92 Å². The third-order valence-corrected chi connectivity index (χ3v) is 3.84. The fraction of sp³-hybridized carbons (Fsp3) is 0.867. The van der Waals surface area contributed by atoms with Crippen LogP contribution in [-0.2, 0) is 4.74 Å². The van der Waals surface area contributed by atoms with Crippen LogP contribution in [0.25, 0.3) is 0 Å². The molecule has 5 heteroatoms. The number of piperazine rings is 1. The normalized spacial score (nSPS) is 22.1. The molecule has 5 nitrogen and oxygen atoms in total. The standard InChI is InChI=1S/C15H26N4O/c1-3-20-10-9-19-8-7-18(12-14(19)2)13-15(11-17)5-4-6-16/h14-15H,3-5,7-10,12-13H2,1-2H3. The molecule has 1 aliphatic heterocycles. The molecule has 0 bridgehead atoms. The first-order valence-corrected chi connectivity index (χ1v) is 7.52. The fourth-order valence-electron chi connectivity index (χ4n) is 2.64. The van der Waals surface area contributed by atoms with Crippen molar-refractivity contribution in [3.8, 4) is 12.1 Å². The van der Waals surface area contributed by atoms with Gasteiger partial charge in [0.1, 0.15) is 0 Å². The summed E-state index contributed by atoms with van der Waals surface area (Å²) in [5, 5.41) is 17.7. The van der Waals surface area contributed by atoms with Gasteiger partial charge < -0.3 is 4.74 Å². The molecule has 2 unspecified atom stereocenters. The zero-order valence-corrected chi connectivity index (χ0v) is 12.7. The minimum atomic E-state index is -0.0168. The lowest BCUT2D eigenvalue weighted by atomic mass is 10.0. The Balaban J connectivity index is 2.31. The molecular weight excluding hydrogens is 252 g/mol. The Kier molecular flexibility index (Phi) is 8.22. The van der Waals surface area contributed by atoms with Crippen LogP contribution < -0.4 is 0 Å². The van der Waals surface area contributed by atoms with E-state index in [4.69, 9.17) is 15.3 Å². The van der Waals surface area contributed by atoms with Gasteiger partial charge in [0.25, 0.3) is 0 Å². The van der Waals surface area contributed by atoms with Crippen LogP contribution in [0.1, 0.15) is 26.7 Å². The Labute approximate surface area is 122 Å². The van der Waals surface area contributed by atoms with Gasteiger partial charge in [0.2, 0.25) is 0 Å². The number of rotatable bonds is 8. The quantitative estimate of drug-likeness (QED) is 0.629. The second-order valence-corrected chi connectivity index (χ2v) is 5.36. The highest BCUT2D eigenvalue weighted by molar-refractivity contribution is 4.90. The topological polar surface area (TPSA) is 63.3 Å². The summed E-state index contributed by atoms with van der Waals surface area (Å²) in [5.74, 6) is -0.0168. The predicted octanol–water partition coefficient (Wildman–Crippen LogP) is 1.47. The molecule has 1 saturated heterocycles. The van der Waals surface area contributed by atoms with Crippen molar-refractivity contribution in [1.82, 2.24) is 9.80 Å². The lowest BCUT2D eigenvalue weighted by molar-refractivity contribution is 0.0459. The van der Waals surface area contributed by atoms with Crippen molar-refractivity contribution in [1.29, 1.82) is 10.5 Å². The Morgan fingerprint density at radius 3 is 2.75 bits per heavy atom. The van der Waals surface area contributed by atoms with Gasteiger partial charge in [0.15, 0.2) is 0 Å². The van der Waals surface area contributed by atoms with Gasteiger partial charge in [-0.1, -0.05) is 0 Å².